The summed E-state index contributed by atoms with van der Waals surface area (Å²) in [5.41, 5.74) is 0.485. The van der Waals surface area contributed by atoms with Gasteiger partial charge in [-0.3, -0.25) is 9.59 Å². The molecule has 1 fully saturated rings. The molecule has 1 atom stereocenters. The van der Waals surface area contributed by atoms with Crippen LogP contribution in [-0.2, 0) is 4.79 Å². The van der Waals surface area contributed by atoms with Gasteiger partial charge < -0.3 is 10.0 Å². The summed E-state index contributed by atoms with van der Waals surface area (Å²) < 4.78 is 0.720. The molecule has 1 saturated heterocycles. The van der Waals surface area contributed by atoms with E-state index in [9.17, 15) is 14.7 Å². The van der Waals surface area contributed by atoms with Crippen LogP contribution in [0.3, 0.4) is 0 Å². The first-order valence-electron chi connectivity index (χ1n) is 6.78. The third kappa shape index (κ3) is 3.50. The summed E-state index contributed by atoms with van der Waals surface area (Å²) in [6, 6.07) is 4.95. The fraction of sp³-hybridized carbons (Fsp3) is 0.467. The molecule has 0 radical (unpaired) electrons. The number of aromatic hydroxyl groups is 1. The van der Waals surface area contributed by atoms with E-state index in [0.29, 0.717) is 18.5 Å². The van der Waals surface area contributed by atoms with Crippen molar-refractivity contribution >= 4 is 34.3 Å². The number of rotatable bonds is 3. The van der Waals surface area contributed by atoms with Crippen LogP contribution in [0.15, 0.2) is 18.2 Å². The van der Waals surface area contributed by atoms with Crippen LogP contribution in [0.4, 0.5) is 0 Å². The van der Waals surface area contributed by atoms with Crippen molar-refractivity contribution in [3.8, 4) is 5.75 Å². The van der Waals surface area contributed by atoms with Gasteiger partial charge in [0.2, 0.25) is 0 Å². The monoisotopic (exact) mass is 387 g/mol. The summed E-state index contributed by atoms with van der Waals surface area (Å²) >= 11 is 2.02. The third-order valence-corrected chi connectivity index (χ3v) is 4.52. The predicted octanol–water partition coefficient (Wildman–Crippen LogP) is 2.97. The largest absolute Gasteiger partial charge is 0.507 e. The van der Waals surface area contributed by atoms with Crippen LogP contribution in [0.25, 0.3) is 0 Å². The van der Waals surface area contributed by atoms with Crippen molar-refractivity contribution in [3.63, 3.8) is 0 Å². The smallest absolute Gasteiger partial charge is 0.254 e. The standard InChI is InChI=1S/C15H18INO3/c1-10(18)8-12-4-2-3-7-17(12)15(20)11-5-6-13(16)14(19)9-11/h5-6,9,12,19H,2-4,7-8H2,1H3. The van der Waals surface area contributed by atoms with Crippen molar-refractivity contribution in [2.45, 2.75) is 38.6 Å². The quantitative estimate of drug-likeness (QED) is 0.812. The Morgan fingerprint density at radius 1 is 1.40 bits per heavy atom. The lowest BCUT2D eigenvalue weighted by Crippen LogP contribution is -2.44. The lowest BCUT2D eigenvalue weighted by Gasteiger charge is -2.35. The molecule has 1 heterocycles. The minimum Gasteiger partial charge on any atom is -0.507 e. The van der Waals surface area contributed by atoms with Gasteiger partial charge in [-0.25, -0.2) is 0 Å². The molecular weight excluding hydrogens is 369 g/mol. The highest BCUT2D eigenvalue weighted by atomic mass is 127. The molecule has 1 aliphatic heterocycles. The summed E-state index contributed by atoms with van der Waals surface area (Å²) in [5.74, 6) is 0.138. The van der Waals surface area contributed by atoms with Crippen molar-refractivity contribution in [2.75, 3.05) is 6.54 Å². The number of benzene rings is 1. The van der Waals surface area contributed by atoms with Crippen LogP contribution >= 0.6 is 22.6 Å². The van der Waals surface area contributed by atoms with Gasteiger partial charge in [-0.15, -0.1) is 0 Å². The Bertz CT molecular complexity index is 530. The second-order valence-electron chi connectivity index (χ2n) is 5.22. The molecule has 108 valence electrons. The molecule has 0 spiro atoms. The zero-order valence-corrected chi connectivity index (χ0v) is 13.6. The Hall–Kier alpha value is -1.11. The highest BCUT2D eigenvalue weighted by molar-refractivity contribution is 14.1. The van der Waals surface area contributed by atoms with E-state index in [0.717, 1.165) is 22.8 Å². The molecule has 4 nitrogen and oxygen atoms in total. The highest BCUT2D eigenvalue weighted by Gasteiger charge is 2.28. The number of hydrogen-bond donors (Lipinski definition) is 1. The summed E-state index contributed by atoms with van der Waals surface area (Å²) in [6.45, 7) is 2.25. The van der Waals surface area contributed by atoms with Crippen LogP contribution in [0.5, 0.6) is 5.75 Å². The molecule has 1 aromatic carbocycles. The summed E-state index contributed by atoms with van der Waals surface area (Å²) in [4.78, 5) is 25.7. The lowest BCUT2D eigenvalue weighted by atomic mass is 9.97. The average Bonchev–Trinajstić information content (AvgIpc) is 2.41. The van der Waals surface area contributed by atoms with Gasteiger partial charge in [-0.05, 0) is 67.0 Å². The number of phenolic OH excluding ortho intramolecular Hbond substituents is 1. The van der Waals surface area contributed by atoms with Crippen molar-refractivity contribution in [3.05, 3.63) is 27.3 Å². The number of phenols is 1. The van der Waals surface area contributed by atoms with Crippen LogP contribution in [0, 0.1) is 3.57 Å². The van der Waals surface area contributed by atoms with Gasteiger partial charge in [0, 0.05) is 24.6 Å². The number of hydrogen-bond acceptors (Lipinski definition) is 3. The van der Waals surface area contributed by atoms with Gasteiger partial charge in [0.05, 0.1) is 3.57 Å². The maximum atomic E-state index is 12.6. The number of piperidine rings is 1. The number of carbonyl (C=O) groups is 2. The molecule has 5 heteroatoms. The second-order valence-corrected chi connectivity index (χ2v) is 6.38. The number of amides is 1. The van der Waals surface area contributed by atoms with Gasteiger partial charge in [-0.1, -0.05) is 0 Å². The fourth-order valence-electron chi connectivity index (χ4n) is 2.62. The molecule has 0 bridgehead atoms. The Kier molecular flexibility index (Phi) is 5.01. The van der Waals surface area contributed by atoms with E-state index >= 15 is 0 Å². The Labute approximate surface area is 132 Å². The predicted molar refractivity (Wildman–Crippen MR) is 84.8 cm³/mol. The summed E-state index contributed by atoms with van der Waals surface area (Å²) in [7, 11) is 0. The number of ketones is 1. The number of likely N-dealkylation sites (tertiary alicyclic amines) is 1. The Morgan fingerprint density at radius 2 is 2.15 bits per heavy atom. The van der Waals surface area contributed by atoms with E-state index in [2.05, 4.69) is 0 Å². The molecule has 0 saturated carbocycles. The molecule has 2 rings (SSSR count). The zero-order chi connectivity index (χ0) is 14.7. The summed E-state index contributed by atoms with van der Waals surface area (Å²) in [5, 5.41) is 9.73. The fourth-order valence-corrected chi connectivity index (χ4v) is 2.96. The molecule has 1 N–H and O–H groups in total. The van der Waals surface area contributed by atoms with E-state index in [-0.39, 0.29) is 23.5 Å². The molecule has 20 heavy (non-hydrogen) atoms. The third-order valence-electron chi connectivity index (χ3n) is 3.60. The first kappa shape index (κ1) is 15.3. The molecule has 1 unspecified atom stereocenters. The highest BCUT2D eigenvalue weighted by Crippen LogP contribution is 2.25. The Balaban J connectivity index is 2.20. The van der Waals surface area contributed by atoms with Crippen molar-refractivity contribution in [2.24, 2.45) is 0 Å². The number of halogens is 1. The minimum absolute atomic E-state index is 0.00447. The van der Waals surface area contributed by atoms with Crippen LogP contribution in [0.1, 0.15) is 43.0 Å². The van der Waals surface area contributed by atoms with E-state index in [1.807, 2.05) is 22.6 Å². The number of nitrogens with zero attached hydrogens (tertiary/aromatic N) is 1. The van der Waals surface area contributed by atoms with Gasteiger partial charge in [0.25, 0.3) is 5.91 Å². The van der Waals surface area contributed by atoms with Crippen molar-refractivity contribution in [1.82, 2.24) is 4.90 Å². The zero-order valence-electron chi connectivity index (χ0n) is 11.4. The van der Waals surface area contributed by atoms with Gasteiger partial charge >= 0.3 is 0 Å². The minimum atomic E-state index is -0.0948. The lowest BCUT2D eigenvalue weighted by molar-refractivity contribution is -0.118. The average molecular weight is 387 g/mol. The van der Waals surface area contributed by atoms with Gasteiger partial charge in [-0.2, -0.15) is 0 Å². The molecule has 1 aliphatic rings. The van der Waals surface area contributed by atoms with Crippen LogP contribution < -0.4 is 0 Å². The Morgan fingerprint density at radius 3 is 2.80 bits per heavy atom. The molecule has 1 aromatic rings. The van der Waals surface area contributed by atoms with E-state index in [1.54, 1.807) is 24.0 Å². The van der Waals surface area contributed by atoms with Gasteiger partial charge in [0.15, 0.2) is 0 Å². The number of carbonyl (C=O) groups excluding carboxylic acids is 2. The molecular formula is C15H18INO3. The van der Waals surface area contributed by atoms with Gasteiger partial charge in [0.1, 0.15) is 11.5 Å². The molecule has 1 amide bonds. The summed E-state index contributed by atoms with van der Waals surface area (Å²) in [6.07, 6.45) is 3.32. The van der Waals surface area contributed by atoms with Crippen LogP contribution in [0.2, 0.25) is 0 Å². The number of Topliss-reactive ketones (excluding diaryl/α,β-unsaturated/α-hetero) is 1. The van der Waals surface area contributed by atoms with E-state index in [1.165, 1.54) is 6.07 Å². The molecule has 0 aliphatic carbocycles. The van der Waals surface area contributed by atoms with E-state index < -0.39 is 0 Å². The topological polar surface area (TPSA) is 57.6 Å². The van der Waals surface area contributed by atoms with Crippen molar-refractivity contribution < 1.29 is 14.7 Å². The van der Waals surface area contributed by atoms with Crippen molar-refractivity contribution in [1.29, 1.82) is 0 Å². The first-order chi connectivity index (χ1) is 9.49. The SMILES string of the molecule is CC(=O)CC1CCCCN1C(=O)c1ccc(I)c(O)c1. The second kappa shape index (κ2) is 6.56. The molecule has 0 aromatic heterocycles. The normalized spacial score (nSPS) is 18.9. The van der Waals surface area contributed by atoms with E-state index in [4.69, 9.17) is 0 Å². The maximum absolute atomic E-state index is 12.6. The maximum Gasteiger partial charge on any atom is 0.254 e. The first-order valence-corrected chi connectivity index (χ1v) is 7.86. The van der Waals surface area contributed by atoms with Crippen LogP contribution in [-0.4, -0.2) is 34.3 Å².